The van der Waals surface area contributed by atoms with Gasteiger partial charge < -0.3 is 9.47 Å². The van der Waals surface area contributed by atoms with E-state index in [2.05, 4.69) is 17.0 Å². The lowest BCUT2D eigenvalue weighted by Crippen LogP contribution is -2.38. The Hall–Kier alpha value is -1.63. The number of ether oxygens (including phenoxy) is 2. The highest BCUT2D eigenvalue weighted by Crippen LogP contribution is 2.36. The zero-order valence-corrected chi connectivity index (χ0v) is 14.0. The molecule has 1 aromatic rings. The van der Waals surface area contributed by atoms with Gasteiger partial charge in [0.15, 0.2) is 0 Å². The zero-order valence-electron chi connectivity index (χ0n) is 14.0. The maximum atomic E-state index is 12.6. The topological polar surface area (TPSA) is 51.2 Å². The van der Waals surface area contributed by atoms with Crippen molar-refractivity contribution in [1.29, 1.82) is 0 Å². The van der Waals surface area contributed by atoms with Crippen molar-refractivity contribution in [2.24, 2.45) is 11.8 Å². The van der Waals surface area contributed by atoms with Crippen molar-refractivity contribution >= 4 is 5.91 Å². The molecule has 24 heavy (non-hydrogen) atoms. The van der Waals surface area contributed by atoms with E-state index in [1.807, 2.05) is 12.1 Å². The van der Waals surface area contributed by atoms with Crippen molar-refractivity contribution in [3.05, 3.63) is 29.8 Å². The summed E-state index contributed by atoms with van der Waals surface area (Å²) in [7, 11) is 1.68. The molecule has 0 unspecified atom stereocenters. The summed E-state index contributed by atoms with van der Waals surface area (Å²) < 4.78 is 11.2. The molecule has 0 N–H and O–H groups in total. The van der Waals surface area contributed by atoms with Crippen LogP contribution in [0.2, 0.25) is 0 Å². The first-order valence-electron chi connectivity index (χ1n) is 8.66. The van der Waals surface area contributed by atoms with Crippen LogP contribution in [0, 0.1) is 11.8 Å². The van der Waals surface area contributed by atoms with Crippen LogP contribution in [0.3, 0.4) is 0 Å². The molecule has 6 heteroatoms. The first kappa shape index (κ1) is 15.9. The van der Waals surface area contributed by atoms with Gasteiger partial charge in [0.2, 0.25) is 0 Å². The SMILES string of the molecule is COc1cccc(CN2C[C@@H]3[C@@H](C(=O)N4CCCO4)CO[C@@H]3C2)c1. The molecule has 3 heterocycles. The molecule has 3 atom stereocenters. The van der Waals surface area contributed by atoms with Crippen molar-refractivity contribution in [2.45, 2.75) is 19.1 Å². The molecule has 0 saturated carbocycles. The number of fused-ring (bicyclic) bond motifs is 1. The van der Waals surface area contributed by atoms with Crippen LogP contribution >= 0.6 is 0 Å². The molecular formula is C18H24N2O4. The number of rotatable bonds is 4. The van der Waals surface area contributed by atoms with Gasteiger partial charge >= 0.3 is 0 Å². The molecule has 3 aliphatic rings. The molecule has 0 aliphatic carbocycles. The Morgan fingerprint density at radius 3 is 3.08 bits per heavy atom. The van der Waals surface area contributed by atoms with Crippen molar-refractivity contribution in [2.75, 3.05) is 40.0 Å². The van der Waals surface area contributed by atoms with E-state index in [0.29, 0.717) is 19.8 Å². The molecular weight excluding hydrogens is 308 g/mol. The third-order valence-electron chi connectivity index (χ3n) is 5.25. The Morgan fingerprint density at radius 2 is 2.29 bits per heavy atom. The number of hydrogen-bond donors (Lipinski definition) is 0. The fraction of sp³-hybridized carbons (Fsp3) is 0.611. The van der Waals surface area contributed by atoms with E-state index in [1.165, 1.54) is 5.56 Å². The number of amides is 1. The van der Waals surface area contributed by atoms with Gasteiger partial charge in [-0.2, -0.15) is 0 Å². The molecule has 6 nitrogen and oxygen atoms in total. The minimum Gasteiger partial charge on any atom is -0.497 e. The largest absolute Gasteiger partial charge is 0.497 e. The van der Waals surface area contributed by atoms with Gasteiger partial charge in [-0.25, -0.2) is 5.06 Å². The van der Waals surface area contributed by atoms with Gasteiger partial charge in [-0.1, -0.05) is 12.1 Å². The number of benzene rings is 1. The highest BCUT2D eigenvalue weighted by molar-refractivity contribution is 5.79. The second-order valence-corrected chi connectivity index (χ2v) is 6.81. The summed E-state index contributed by atoms with van der Waals surface area (Å²) in [5.74, 6) is 1.18. The Kier molecular flexibility index (Phi) is 4.43. The van der Waals surface area contributed by atoms with Crippen LogP contribution in [0.4, 0.5) is 0 Å². The maximum absolute atomic E-state index is 12.6. The second kappa shape index (κ2) is 6.70. The second-order valence-electron chi connectivity index (χ2n) is 6.81. The summed E-state index contributed by atoms with van der Waals surface area (Å²) in [5.41, 5.74) is 1.22. The summed E-state index contributed by atoms with van der Waals surface area (Å²) in [4.78, 5) is 20.4. The van der Waals surface area contributed by atoms with Gasteiger partial charge in [-0.15, -0.1) is 0 Å². The van der Waals surface area contributed by atoms with E-state index < -0.39 is 0 Å². The van der Waals surface area contributed by atoms with Crippen molar-refractivity contribution in [1.82, 2.24) is 9.96 Å². The zero-order chi connectivity index (χ0) is 16.5. The lowest BCUT2D eigenvalue weighted by molar-refractivity contribution is -0.174. The van der Waals surface area contributed by atoms with Gasteiger partial charge in [0.05, 0.1) is 38.9 Å². The highest BCUT2D eigenvalue weighted by Gasteiger charge is 2.48. The first-order chi connectivity index (χ1) is 11.7. The van der Waals surface area contributed by atoms with Crippen LogP contribution in [0.1, 0.15) is 12.0 Å². The number of methoxy groups -OCH3 is 1. The van der Waals surface area contributed by atoms with Crippen molar-refractivity contribution < 1.29 is 19.1 Å². The van der Waals surface area contributed by atoms with Crippen LogP contribution < -0.4 is 4.74 Å². The van der Waals surface area contributed by atoms with Gasteiger partial charge in [-0.05, 0) is 24.1 Å². The molecule has 3 aliphatic heterocycles. The molecule has 0 bridgehead atoms. The number of nitrogens with zero attached hydrogens (tertiary/aromatic N) is 2. The molecule has 0 radical (unpaired) electrons. The summed E-state index contributed by atoms with van der Waals surface area (Å²) in [5, 5.41) is 1.54. The van der Waals surface area contributed by atoms with Gasteiger partial charge in [-0.3, -0.25) is 14.5 Å². The van der Waals surface area contributed by atoms with Crippen molar-refractivity contribution in [3.63, 3.8) is 0 Å². The van der Waals surface area contributed by atoms with Crippen LogP contribution in [0.5, 0.6) is 5.75 Å². The number of likely N-dealkylation sites (tertiary alicyclic amines) is 1. The van der Waals surface area contributed by atoms with Gasteiger partial charge in [0.1, 0.15) is 5.75 Å². The number of carbonyl (C=O) groups excluding carboxylic acids is 1. The third-order valence-corrected chi connectivity index (χ3v) is 5.25. The number of hydrogen-bond acceptors (Lipinski definition) is 5. The molecule has 3 fully saturated rings. The van der Waals surface area contributed by atoms with Crippen LogP contribution in [-0.2, 0) is 20.9 Å². The fourth-order valence-corrected chi connectivity index (χ4v) is 4.01. The lowest BCUT2D eigenvalue weighted by Gasteiger charge is -2.22. The van der Waals surface area contributed by atoms with E-state index >= 15 is 0 Å². The van der Waals surface area contributed by atoms with Gasteiger partial charge in [0.25, 0.3) is 5.91 Å². The van der Waals surface area contributed by atoms with Crippen LogP contribution in [-0.4, -0.2) is 61.9 Å². The molecule has 0 aromatic heterocycles. The average molecular weight is 332 g/mol. The van der Waals surface area contributed by atoms with Crippen LogP contribution in [0.15, 0.2) is 24.3 Å². The summed E-state index contributed by atoms with van der Waals surface area (Å²) in [6, 6.07) is 8.14. The maximum Gasteiger partial charge on any atom is 0.251 e. The fourth-order valence-electron chi connectivity index (χ4n) is 4.01. The average Bonchev–Trinajstić information content (AvgIpc) is 3.31. The minimum absolute atomic E-state index is 0.0663. The summed E-state index contributed by atoms with van der Waals surface area (Å²) in [6.07, 6.45) is 1.09. The van der Waals surface area contributed by atoms with Gasteiger partial charge in [0, 0.05) is 25.6 Å². The molecule has 3 saturated heterocycles. The van der Waals surface area contributed by atoms with E-state index in [1.54, 1.807) is 12.2 Å². The van der Waals surface area contributed by atoms with Crippen molar-refractivity contribution in [3.8, 4) is 5.75 Å². The normalized spacial score (nSPS) is 29.9. The smallest absolute Gasteiger partial charge is 0.251 e. The minimum atomic E-state index is -0.0663. The summed E-state index contributed by atoms with van der Waals surface area (Å²) in [6.45, 7) is 4.52. The highest BCUT2D eigenvalue weighted by atomic mass is 16.7. The lowest BCUT2D eigenvalue weighted by atomic mass is 9.92. The molecule has 130 valence electrons. The number of carbonyl (C=O) groups is 1. The van der Waals surface area contributed by atoms with E-state index in [9.17, 15) is 4.79 Å². The molecule has 1 aromatic carbocycles. The molecule has 4 rings (SSSR count). The monoisotopic (exact) mass is 332 g/mol. The van der Waals surface area contributed by atoms with Crippen LogP contribution in [0.25, 0.3) is 0 Å². The Balaban J connectivity index is 1.39. The summed E-state index contributed by atoms with van der Waals surface area (Å²) >= 11 is 0. The Bertz CT molecular complexity index is 602. The molecule has 1 amide bonds. The quantitative estimate of drug-likeness (QED) is 0.832. The Labute approximate surface area is 142 Å². The standard InChI is InChI=1S/C18H24N2O4/c1-22-14-5-2-4-13(8-14)9-19-10-15-16(12-23-17(15)11-19)18(21)20-6-3-7-24-20/h2,4-5,8,15-17H,3,6-7,9-12H2,1H3/t15-,16+,17-/m1/s1. The predicted octanol–water partition coefficient (Wildman–Crippen LogP) is 1.31. The third kappa shape index (κ3) is 3.01. The predicted molar refractivity (Wildman–Crippen MR) is 87.3 cm³/mol. The first-order valence-corrected chi connectivity index (χ1v) is 8.66. The van der Waals surface area contributed by atoms with E-state index in [4.69, 9.17) is 14.3 Å². The van der Waals surface area contributed by atoms with E-state index in [0.717, 1.165) is 31.8 Å². The Morgan fingerprint density at radius 1 is 1.38 bits per heavy atom. The number of hydroxylamine groups is 2. The van der Waals surface area contributed by atoms with E-state index in [-0.39, 0.29) is 23.8 Å². The molecule has 0 spiro atoms.